The van der Waals surface area contributed by atoms with Gasteiger partial charge in [0.25, 0.3) is 11.5 Å². The number of aromatic nitrogens is 4. The Bertz CT molecular complexity index is 782. The summed E-state index contributed by atoms with van der Waals surface area (Å²) in [4.78, 5) is 32.4. The summed E-state index contributed by atoms with van der Waals surface area (Å²) in [6, 6.07) is 1.49. The van der Waals surface area contributed by atoms with Crippen molar-refractivity contribution >= 4 is 5.91 Å². The average Bonchev–Trinajstić information content (AvgIpc) is 2.91. The van der Waals surface area contributed by atoms with E-state index in [0.717, 1.165) is 11.4 Å². The molecule has 3 heterocycles. The summed E-state index contributed by atoms with van der Waals surface area (Å²) in [5.74, 6) is -0.0109. The lowest BCUT2D eigenvalue weighted by molar-refractivity contribution is -0.0247. The lowest BCUT2D eigenvalue weighted by atomic mass is 10.1. The lowest BCUT2D eigenvalue weighted by Gasteiger charge is -2.33. The van der Waals surface area contributed by atoms with E-state index in [2.05, 4.69) is 15.1 Å². The zero-order chi connectivity index (χ0) is 17.1. The van der Waals surface area contributed by atoms with E-state index in [9.17, 15) is 9.59 Å². The van der Waals surface area contributed by atoms with Crippen LogP contribution in [0.15, 0.2) is 23.4 Å². The van der Waals surface area contributed by atoms with Crippen molar-refractivity contribution in [2.75, 3.05) is 19.7 Å². The molecular weight excluding hydrogens is 310 g/mol. The molecular formula is C16H21N5O3. The number of morpholine rings is 1. The maximum absolute atomic E-state index is 12.7. The Hall–Kier alpha value is -2.48. The molecule has 0 radical (unpaired) electrons. The minimum atomic E-state index is -0.159. The zero-order valence-electron chi connectivity index (χ0n) is 13.9. The number of amides is 1. The molecule has 0 aromatic carbocycles. The van der Waals surface area contributed by atoms with Crippen LogP contribution < -0.4 is 5.56 Å². The van der Waals surface area contributed by atoms with Crippen molar-refractivity contribution in [3.63, 3.8) is 0 Å². The van der Waals surface area contributed by atoms with Gasteiger partial charge in [0.2, 0.25) is 0 Å². The fraction of sp³-hybridized carbons (Fsp3) is 0.500. The quantitative estimate of drug-likeness (QED) is 0.869. The molecule has 0 aliphatic carbocycles. The second-order valence-electron chi connectivity index (χ2n) is 5.99. The van der Waals surface area contributed by atoms with E-state index < -0.39 is 0 Å². The molecule has 24 heavy (non-hydrogen) atoms. The molecule has 1 amide bonds. The summed E-state index contributed by atoms with van der Waals surface area (Å²) in [6.45, 7) is 3.46. The van der Waals surface area contributed by atoms with Crippen molar-refractivity contribution in [3.8, 4) is 0 Å². The van der Waals surface area contributed by atoms with Gasteiger partial charge in [-0.05, 0) is 19.8 Å². The summed E-state index contributed by atoms with van der Waals surface area (Å²) < 4.78 is 7.41. The van der Waals surface area contributed by atoms with Crippen molar-refractivity contribution in [1.82, 2.24) is 24.6 Å². The Balaban J connectivity index is 1.61. The maximum atomic E-state index is 12.7. The van der Waals surface area contributed by atoms with Crippen molar-refractivity contribution in [1.29, 1.82) is 0 Å². The molecule has 0 saturated carbocycles. The number of carbonyl (C=O) groups excluding carboxylic acids is 1. The first-order chi connectivity index (χ1) is 11.5. The van der Waals surface area contributed by atoms with E-state index in [4.69, 9.17) is 4.74 Å². The van der Waals surface area contributed by atoms with Gasteiger partial charge in [0.1, 0.15) is 0 Å². The van der Waals surface area contributed by atoms with E-state index >= 15 is 0 Å². The molecule has 128 valence electrons. The van der Waals surface area contributed by atoms with Gasteiger partial charge in [-0.1, -0.05) is 0 Å². The number of nitrogens with zero attached hydrogens (tertiary/aromatic N) is 4. The van der Waals surface area contributed by atoms with Gasteiger partial charge in [-0.2, -0.15) is 5.10 Å². The van der Waals surface area contributed by atoms with Gasteiger partial charge >= 0.3 is 0 Å². The molecule has 1 aliphatic heterocycles. The SMILES string of the molecule is Cc1nn(C)cc1C(=O)N1CCO[C@H](CCc2cc(=O)[nH]cn2)C1. The van der Waals surface area contributed by atoms with Crippen LogP contribution in [0.5, 0.6) is 0 Å². The Kier molecular flexibility index (Phi) is 4.75. The van der Waals surface area contributed by atoms with Crippen LogP contribution in [0.2, 0.25) is 0 Å². The predicted octanol–water partition coefficient (Wildman–Crippen LogP) is 0.286. The third-order valence-corrected chi connectivity index (χ3v) is 4.13. The Morgan fingerprint density at radius 1 is 1.50 bits per heavy atom. The Morgan fingerprint density at radius 3 is 3.04 bits per heavy atom. The molecule has 8 heteroatoms. The van der Waals surface area contributed by atoms with E-state index in [0.29, 0.717) is 38.1 Å². The van der Waals surface area contributed by atoms with Crippen LogP contribution in [0.4, 0.5) is 0 Å². The molecule has 8 nitrogen and oxygen atoms in total. The molecule has 2 aromatic rings. The molecule has 1 aliphatic rings. The highest BCUT2D eigenvalue weighted by atomic mass is 16.5. The first-order valence-corrected chi connectivity index (χ1v) is 7.97. The normalized spacial score (nSPS) is 17.9. The van der Waals surface area contributed by atoms with Crippen LogP contribution in [0.1, 0.15) is 28.2 Å². The second-order valence-corrected chi connectivity index (χ2v) is 5.99. The molecule has 3 rings (SSSR count). The number of carbonyl (C=O) groups is 1. The third kappa shape index (κ3) is 3.70. The highest BCUT2D eigenvalue weighted by Crippen LogP contribution is 2.15. The molecule has 0 spiro atoms. The third-order valence-electron chi connectivity index (χ3n) is 4.13. The largest absolute Gasteiger partial charge is 0.375 e. The van der Waals surface area contributed by atoms with Crippen LogP contribution in [0.3, 0.4) is 0 Å². The molecule has 1 atom stereocenters. The number of nitrogens with one attached hydrogen (secondary N) is 1. The standard InChI is InChI=1S/C16H21N5O3/c1-11-14(9-20(2)19-11)16(23)21-5-6-24-13(8-21)4-3-12-7-15(22)18-10-17-12/h7,9-10,13H,3-6,8H2,1-2H3,(H,17,18,22)/t13-/m1/s1. The van der Waals surface area contributed by atoms with Gasteiger partial charge in [0.05, 0.1) is 30.3 Å². The number of aryl methyl sites for hydroxylation is 3. The van der Waals surface area contributed by atoms with Gasteiger partial charge in [0, 0.05) is 38.1 Å². The van der Waals surface area contributed by atoms with Gasteiger partial charge < -0.3 is 14.6 Å². The number of rotatable bonds is 4. The summed E-state index contributed by atoms with van der Waals surface area (Å²) in [7, 11) is 1.81. The minimum Gasteiger partial charge on any atom is -0.375 e. The van der Waals surface area contributed by atoms with Crippen LogP contribution in [-0.4, -0.2) is 56.4 Å². The monoisotopic (exact) mass is 331 g/mol. The van der Waals surface area contributed by atoms with E-state index in [1.807, 2.05) is 11.8 Å². The summed E-state index contributed by atoms with van der Waals surface area (Å²) in [5.41, 5.74) is 1.94. The van der Waals surface area contributed by atoms with Gasteiger partial charge in [-0.3, -0.25) is 14.3 Å². The molecule has 0 bridgehead atoms. The van der Waals surface area contributed by atoms with Crippen molar-refractivity contribution < 1.29 is 9.53 Å². The fourth-order valence-corrected chi connectivity index (χ4v) is 2.91. The predicted molar refractivity (Wildman–Crippen MR) is 86.8 cm³/mol. The summed E-state index contributed by atoms with van der Waals surface area (Å²) in [6.07, 6.45) is 4.46. The van der Waals surface area contributed by atoms with Crippen LogP contribution >= 0.6 is 0 Å². The minimum absolute atomic E-state index is 0.0109. The van der Waals surface area contributed by atoms with Gasteiger partial charge in [-0.15, -0.1) is 0 Å². The van der Waals surface area contributed by atoms with Gasteiger partial charge in [0.15, 0.2) is 0 Å². The second kappa shape index (κ2) is 6.96. The maximum Gasteiger partial charge on any atom is 0.257 e. The Labute approximate surface area is 139 Å². The molecule has 1 saturated heterocycles. The fourth-order valence-electron chi connectivity index (χ4n) is 2.91. The van der Waals surface area contributed by atoms with Crippen LogP contribution in [0.25, 0.3) is 0 Å². The first-order valence-electron chi connectivity index (χ1n) is 7.97. The van der Waals surface area contributed by atoms with Crippen molar-refractivity contribution in [2.45, 2.75) is 25.9 Å². The average molecular weight is 331 g/mol. The Morgan fingerprint density at radius 2 is 2.33 bits per heavy atom. The first kappa shape index (κ1) is 16.4. The van der Waals surface area contributed by atoms with Gasteiger partial charge in [-0.25, -0.2) is 4.98 Å². The van der Waals surface area contributed by atoms with E-state index in [1.165, 1.54) is 12.4 Å². The van der Waals surface area contributed by atoms with Crippen molar-refractivity contribution in [3.05, 3.63) is 45.9 Å². The van der Waals surface area contributed by atoms with Crippen LogP contribution in [-0.2, 0) is 18.2 Å². The number of hydrogen-bond donors (Lipinski definition) is 1. The molecule has 0 unspecified atom stereocenters. The van der Waals surface area contributed by atoms with E-state index in [-0.39, 0.29) is 17.6 Å². The zero-order valence-corrected chi connectivity index (χ0v) is 13.9. The number of H-pyrrole nitrogens is 1. The summed E-state index contributed by atoms with van der Waals surface area (Å²) >= 11 is 0. The topological polar surface area (TPSA) is 93.1 Å². The van der Waals surface area contributed by atoms with Crippen molar-refractivity contribution in [2.24, 2.45) is 7.05 Å². The van der Waals surface area contributed by atoms with Crippen LogP contribution in [0, 0.1) is 6.92 Å². The molecule has 1 fully saturated rings. The smallest absolute Gasteiger partial charge is 0.257 e. The number of hydrogen-bond acceptors (Lipinski definition) is 5. The lowest BCUT2D eigenvalue weighted by Crippen LogP contribution is -2.45. The molecule has 2 aromatic heterocycles. The highest BCUT2D eigenvalue weighted by Gasteiger charge is 2.26. The number of aromatic amines is 1. The number of ether oxygens (including phenoxy) is 1. The summed E-state index contributed by atoms with van der Waals surface area (Å²) in [5, 5.41) is 4.23. The van der Waals surface area contributed by atoms with E-state index in [1.54, 1.807) is 17.9 Å². The highest BCUT2D eigenvalue weighted by molar-refractivity contribution is 5.95. The molecule has 1 N–H and O–H groups in total.